The van der Waals surface area contributed by atoms with E-state index in [2.05, 4.69) is 43.4 Å². The lowest BCUT2D eigenvalue weighted by Gasteiger charge is -2.10. The Labute approximate surface area is 163 Å². The van der Waals surface area contributed by atoms with Crippen molar-refractivity contribution in [2.24, 2.45) is 5.10 Å². The largest absolute Gasteiger partial charge is 0.494 e. The van der Waals surface area contributed by atoms with E-state index in [-0.39, 0.29) is 0 Å². The maximum absolute atomic E-state index is 5.77. The van der Waals surface area contributed by atoms with Crippen LogP contribution in [0.2, 0.25) is 0 Å². The van der Waals surface area contributed by atoms with Crippen LogP contribution in [0.15, 0.2) is 47.6 Å². The number of rotatable bonds is 11. The van der Waals surface area contributed by atoms with Crippen LogP contribution in [-0.2, 0) is 0 Å². The van der Waals surface area contributed by atoms with Crippen LogP contribution in [0.3, 0.4) is 0 Å². The lowest BCUT2D eigenvalue weighted by atomic mass is 10.0. The fraction of sp³-hybridized carbons (Fsp3) is 0.435. The van der Waals surface area contributed by atoms with Gasteiger partial charge in [0.15, 0.2) is 0 Å². The molecule has 27 heavy (non-hydrogen) atoms. The summed E-state index contributed by atoms with van der Waals surface area (Å²) in [5.41, 5.74) is 7.28. The van der Waals surface area contributed by atoms with Crippen LogP contribution in [-0.4, -0.2) is 18.9 Å². The van der Waals surface area contributed by atoms with E-state index in [4.69, 9.17) is 9.47 Å². The van der Waals surface area contributed by atoms with E-state index in [9.17, 15) is 0 Å². The summed E-state index contributed by atoms with van der Waals surface area (Å²) in [7, 11) is 0. The van der Waals surface area contributed by atoms with Gasteiger partial charge in [0.05, 0.1) is 24.6 Å². The van der Waals surface area contributed by atoms with Gasteiger partial charge in [-0.15, -0.1) is 0 Å². The molecular formula is C23H32N2O2. The lowest BCUT2D eigenvalue weighted by molar-refractivity contribution is 0.309. The van der Waals surface area contributed by atoms with Crippen molar-refractivity contribution in [2.45, 2.75) is 53.4 Å². The van der Waals surface area contributed by atoms with Crippen molar-refractivity contribution in [3.8, 4) is 11.5 Å². The summed E-state index contributed by atoms with van der Waals surface area (Å²) in [5, 5.41) is 4.52. The Morgan fingerprint density at radius 2 is 1.48 bits per heavy atom. The van der Waals surface area contributed by atoms with Crippen molar-refractivity contribution in [2.75, 3.05) is 18.6 Å². The molecule has 0 aliphatic heterocycles. The number of unbranched alkanes of at least 4 members (excludes halogenated alkanes) is 2. The van der Waals surface area contributed by atoms with Crippen LogP contribution in [0.5, 0.6) is 11.5 Å². The van der Waals surface area contributed by atoms with Crippen LogP contribution in [0.4, 0.5) is 5.69 Å². The zero-order valence-electron chi connectivity index (χ0n) is 17.0. The number of hydrogen-bond donors (Lipinski definition) is 1. The summed E-state index contributed by atoms with van der Waals surface area (Å²) in [4.78, 5) is 0. The Bertz CT molecular complexity index is 724. The summed E-state index contributed by atoms with van der Waals surface area (Å²) < 4.78 is 11.5. The maximum Gasteiger partial charge on any atom is 0.119 e. The fourth-order valence-electron chi connectivity index (χ4n) is 2.63. The monoisotopic (exact) mass is 368 g/mol. The van der Waals surface area contributed by atoms with Gasteiger partial charge in [-0.25, -0.2) is 0 Å². The highest BCUT2D eigenvalue weighted by Gasteiger charge is 2.05. The number of nitrogens with zero attached hydrogens (tertiary/aromatic N) is 1. The van der Waals surface area contributed by atoms with Crippen LogP contribution in [0, 0.1) is 6.92 Å². The molecule has 146 valence electrons. The molecule has 2 rings (SSSR count). The molecular weight excluding hydrogens is 336 g/mol. The minimum absolute atomic E-state index is 0.762. The summed E-state index contributed by atoms with van der Waals surface area (Å²) >= 11 is 0. The summed E-state index contributed by atoms with van der Waals surface area (Å²) in [5.74, 6) is 1.81. The van der Waals surface area contributed by atoms with Gasteiger partial charge in [0.1, 0.15) is 11.5 Å². The molecule has 4 nitrogen and oxygen atoms in total. The molecule has 0 unspecified atom stereocenters. The fourth-order valence-corrected chi connectivity index (χ4v) is 2.63. The quantitative estimate of drug-likeness (QED) is 0.292. The van der Waals surface area contributed by atoms with Gasteiger partial charge in [0.2, 0.25) is 0 Å². The number of benzene rings is 2. The number of ether oxygens (including phenoxy) is 2. The summed E-state index contributed by atoms with van der Waals surface area (Å²) in [6.07, 6.45) is 4.43. The number of aryl methyl sites for hydroxylation is 1. The van der Waals surface area contributed by atoms with Crippen molar-refractivity contribution >= 4 is 11.4 Å². The Morgan fingerprint density at radius 1 is 0.889 bits per heavy atom. The van der Waals surface area contributed by atoms with Crippen LogP contribution < -0.4 is 14.9 Å². The topological polar surface area (TPSA) is 42.8 Å². The van der Waals surface area contributed by atoms with E-state index in [0.717, 1.165) is 72.9 Å². The van der Waals surface area contributed by atoms with Crippen LogP contribution in [0.25, 0.3) is 0 Å². The molecule has 0 aliphatic rings. The molecule has 2 aromatic carbocycles. The van der Waals surface area contributed by atoms with E-state index in [1.165, 1.54) is 0 Å². The predicted octanol–water partition coefficient (Wildman–Crippen LogP) is 6.19. The molecule has 4 heteroatoms. The number of hydrogen-bond acceptors (Lipinski definition) is 4. The van der Waals surface area contributed by atoms with Crippen molar-refractivity contribution in [1.29, 1.82) is 0 Å². The zero-order chi connectivity index (χ0) is 19.5. The Balaban J connectivity index is 1.94. The standard InChI is InChI=1S/C23H32N2O2/c1-5-7-15-26-21-11-9-20(10-12-21)25-24-19(4)23-14-13-22(17-18(23)3)27-16-8-6-2/h9-14,17,25H,5-8,15-16H2,1-4H3/b24-19+. The molecule has 0 amide bonds. The van der Waals surface area contributed by atoms with E-state index < -0.39 is 0 Å². The number of anilines is 1. The van der Waals surface area contributed by atoms with Gasteiger partial charge >= 0.3 is 0 Å². The highest BCUT2D eigenvalue weighted by Crippen LogP contribution is 2.19. The highest BCUT2D eigenvalue weighted by atomic mass is 16.5. The van der Waals surface area contributed by atoms with Gasteiger partial charge in [-0.2, -0.15) is 5.10 Å². The number of hydrazone groups is 1. The Morgan fingerprint density at radius 3 is 2.07 bits per heavy atom. The van der Waals surface area contributed by atoms with Gasteiger partial charge in [-0.3, -0.25) is 5.43 Å². The minimum atomic E-state index is 0.762. The molecule has 0 radical (unpaired) electrons. The minimum Gasteiger partial charge on any atom is -0.494 e. The van der Waals surface area contributed by atoms with Crippen molar-refractivity contribution in [3.63, 3.8) is 0 Å². The van der Waals surface area contributed by atoms with E-state index in [1.54, 1.807) is 0 Å². The molecule has 0 aliphatic carbocycles. The zero-order valence-corrected chi connectivity index (χ0v) is 17.0. The molecule has 2 aromatic rings. The third-order valence-electron chi connectivity index (χ3n) is 4.33. The molecule has 0 bridgehead atoms. The van der Waals surface area contributed by atoms with Gasteiger partial charge in [0, 0.05) is 5.56 Å². The average molecular weight is 369 g/mol. The average Bonchev–Trinajstić information content (AvgIpc) is 2.68. The first-order chi connectivity index (χ1) is 13.1. The second-order valence-corrected chi connectivity index (χ2v) is 6.71. The lowest BCUT2D eigenvalue weighted by Crippen LogP contribution is -2.03. The van der Waals surface area contributed by atoms with E-state index in [0.29, 0.717) is 0 Å². The second kappa shape index (κ2) is 11.3. The van der Waals surface area contributed by atoms with Crippen LogP contribution in [0.1, 0.15) is 57.6 Å². The van der Waals surface area contributed by atoms with Crippen molar-refractivity contribution in [3.05, 3.63) is 53.6 Å². The first-order valence-electron chi connectivity index (χ1n) is 9.91. The van der Waals surface area contributed by atoms with Gasteiger partial charge < -0.3 is 9.47 Å². The maximum atomic E-state index is 5.77. The molecule has 0 saturated heterocycles. The Kier molecular flexibility index (Phi) is 8.69. The Hall–Kier alpha value is -2.49. The first-order valence-corrected chi connectivity index (χ1v) is 9.91. The van der Waals surface area contributed by atoms with E-state index in [1.807, 2.05) is 37.3 Å². The summed E-state index contributed by atoms with van der Waals surface area (Å²) in [6.45, 7) is 9.95. The van der Waals surface area contributed by atoms with Crippen LogP contribution >= 0.6 is 0 Å². The molecule has 0 spiro atoms. The SMILES string of the molecule is CCCCOc1ccc(N/N=C(\C)c2ccc(OCCCC)cc2C)cc1. The summed E-state index contributed by atoms with van der Waals surface area (Å²) in [6, 6.07) is 14.1. The molecule has 0 fully saturated rings. The first kappa shape index (κ1) is 20.8. The molecule has 1 N–H and O–H groups in total. The van der Waals surface area contributed by atoms with Gasteiger partial charge in [0.25, 0.3) is 0 Å². The predicted molar refractivity (Wildman–Crippen MR) is 114 cm³/mol. The van der Waals surface area contributed by atoms with Crippen molar-refractivity contribution in [1.82, 2.24) is 0 Å². The van der Waals surface area contributed by atoms with Gasteiger partial charge in [-0.1, -0.05) is 26.7 Å². The second-order valence-electron chi connectivity index (χ2n) is 6.71. The molecule has 0 saturated carbocycles. The van der Waals surface area contributed by atoms with Crippen molar-refractivity contribution < 1.29 is 9.47 Å². The van der Waals surface area contributed by atoms with Gasteiger partial charge in [-0.05, 0) is 74.7 Å². The molecule has 0 heterocycles. The molecule has 0 aromatic heterocycles. The third kappa shape index (κ3) is 6.97. The third-order valence-corrected chi connectivity index (χ3v) is 4.33. The highest BCUT2D eigenvalue weighted by molar-refractivity contribution is 6.00. The number of nitrogens with one attached hydrogen (secondary N) is 1. The van der Waals surface area contributed by atoms with E-state index >= 15 is 0 Å². The smallest absolute Gasteiger partial charge is 0.119 e. The molecule has 0 atom stereocenters. The normalized spacial score (nSPS) is 11.3.